The summed E-state index contributed by atoms with van der Waals surface area (Å²) in [5, 5.41) is 9.57. The molecule has 3 nitrogen and oxygen atoms in total. The second kappa shape index (κ2) is 6.87. The van der Waals surface area contributed by atoms with Crippen molar-refractivity contribution in [2.45, 2.75) is 16.0 Å². The Labute approximate surface area is 132 Å². The fraction of sp³-hybridized carbons (Fsp3) is 0.188. The number of para-hydroxylation sites is 1. The molecule has 0 spiro atoms. The van der Waals surface area contributed by atoms with Crippen LogP contribution in [0.25, 0.3) is 0 Å². The monoisotopic (exact) mass is 322 g/mol. The van der Waals surface area contributed by atoms with Gasteiger partial charge in [0.15, 0.2) is 0 Å². The van der Waals surface area contributed by atoms with E-state index in [1.807, 2.05) is 25.1 Å². The van der Waals surface area contributed by atoms with Crippen molar-refractivity contribution in [3.63, 3.8) is 0 Å². The van der Waals surface area contributed by atoms with E-state index in [4.69, 9.17) is 16.3 Å². The molecule has 0 aromatic heterocycles. The maximum Gasteiger partial charge on any atom is 0.340 e. The number of hydrogen-bond acceptors (Lipinski definition) is 3. The van der Waals surface area contributed by atoms with Crippen LogP contribution in [0.1, 0.15) is 12.5 Å². The molecule has 0 aliphatic carbocycles. The molecule has 1 atom stereocenters. The summed E-state index contributed by atoms with van der Waals surface area (Å²) < 4.78 is 3.94. The van der Waals surface area contributed by atoms with Gasteiger partial charge in [0.25, 0.3) is 0 Å². The van der Waals surface area contributed by atoms with E-state index in [0.29, 0.717) is 22.8 Å². The lowest BCUT2D eigenvalue weighted by atomic mass is 10.1. The predicted octanol–water partition coefficient (Wildman–Crippen LogP) is 4.35. The molecule has 0 bridgehead atoms. The minimum Gasteiger partial charge on any atom is -0.493 e. The van der Waals surface area contributed by atoms with Gasteiger partial charge in [0.1, 0.15) is 5.75 Å². The molecule has 0 saturated heterocycles. The highest BCUT2D eigenvalue weighted by atomic mass is 35.5. The third kappa shape index (κ3) is 3.52. The van der Waals surface area contributed by atoms with E-state index in [-0.39, 0.29) is 0 Å². The van der Waals surface area contributed by atoms with Crippen LogP contribution >= 0.6 is 23.4 Å². The zero-order valence-corrected chi connectivity index (χ0v) is 13.0. The van der Waals surface area contributed by atoms with Crippen LogP contribution in [-0.4, -0.2) is 17.7 Å². The number of rotatable bonds is 6. The summed E-state index contributed by atoms with van der Waals surface area (Å²) in [4.78, 5) is 12.4. The molecule has 0 heterocycles. The molecule has 0 fully saturated rings. The van der Waals surface area contributed by atoms with Crippen molar-refractivity contribution in [2.75, 3.05) is 6.61 Å². The van der Waals surface area contributed by atoms with Gasteiger partial charge in [0.2, 0.25) is 4.21 Å². The number of ether oxygens (including phenoxy) is 1. The van der Waals surface area contributed by atoms with E-state index in [2.05, 4.69) is 0 Å². The Morgan fingerprint density at radius 1 is 1.19 bits per heavy atom. The van der Waals surface area contributed by atoms with Crippen LogP contribution in [0.3, 0.4) is 0 Å². The molecule has 1 unspecified atom stereocenters. The molecule has 5 heteroatoms. The van der Waals surface area contributed by atoms with E-state index in [1.165, 1.54) is 0 Å². The topological polar surface area (TPSA) is 46.5 Å². The first-order valence-corrected chi connectivity index (χ1v) is 7.66. The highest BCUT2D eigenvalue weighted by Crippen LogP contribution is 2.48. The Balaban J connectivity index is 2.40. The van der Waals surface area contributed by atoms with Crippen molar-refractivity contribution in [3.05, 3.63) is 60.2 Å². The first kappa shape index (κ1) is 15.7. The predicted molar refractivity (Wildman–Crippen MR) is 85.1 cm³/mol. The quantitative estimate of drug-likeness (QED) is 0.634. The molecule has 1 N–H and O–H groups in total. The van der Waals surface area contributed by atoms with Crippen molar-refractivity contribution < 1.29 is 14.6 Å². The highest BCUT2D eigenvalue weighted by Gasteiger charge is 2.40. The third-order valence-corrected chi connectivity index (χ3v) is 4.68. The first-order chi connectivity index (χ1) is 10.1. The van der Waals surface area contributed by atoms with Gasteiger partial charge in [-0.05, 0) is 24.6 Å². The first-order valence-electron chi connectivity index (χ1n) is 6.46. The van der Waals surface area contributed by atoms with Crippen LogP contribution in [0.4, 0.5) is 0 Å². The summed E-state index contributed by atoms with van der Waals surface area (Å²) in [5.74, 6) is -0.473. The van der Waals surface area contributed by atoms with Gasteiger partial charge in [-0.3, -0.25) is 0 Å². The normalized spacial score (nSPS) is 13.4. The number of carbonyl (C=O) groups is 1. The van der Waals surface area contributed by atoms with Crippen LogP contribution < -0.4 is 4.74 Å². The van der Waals surface area contributed by atoms with E-state index < -0.39 is 10.2 Å². The van der Waals surface area contributed by atoms with Gasteiger partial charge in [0, 0.05) is 0 Å². The SMILES string of the molecule is CCOc1ccccc1SC(Cl)(C(=O)O)c1ccccc1. The van der Waals surface area contributed by atoms with Crippen LogP contribution in [0.15, 0.2) is 59.5 Å². The van der Waals surface area contributed by atoms with Crippen molar-refractivity contribution >= 4 is 29.3 Å². The molecule has 0 aliphatic heterocycles. The van der Waals surface area contributed by atoms with Crippen molar-refractivity contribution in [3.8, 4) is 5.75 Å². The van der Waals surface area contributed by atoms with Crippen LogP contribution in [0, 0.1) is 0 Å². The number of hydrogen-bond donors (Lipinski definition) is 1. The Morgan fingerprint density at radius 2 is 1.81 bits per heavy atom. The molecule has 2 aromatic rings. The van der Waals surface area contributed by atoms with Crippen molar-refractivity contribution in [1.82, 2.24) is 0 Å². The smallest absolute Gasteiger partial charge is 0.340 e. The fourth-order valence-electron chi connectivity index (χ4n) is 1.84. The summed E-state index contributed by atoms with van der Waals surface area (Å²) in [6.07, 6.45) is 0. The number of aliphatic carboxylic acids is 1. The zero-order chi connectivity index (χ0) is 15.3. The zero-order valence-electron chi connectivity index (χ0n) is 11.5. The van der Waals surface area contributed by atoms with Gasteiger partial charge in [-0.25, -0.2) is 4.79 Å². The van der Waals surface area contributed by atoms with Crippen molar-refractivity contribution in [1.29, 1.82) is 0 Å². The third-order valence-electron chi connectivity index (χ3n) is 2.82. The highest BCUT2D eigenvalue weighted by molar-refractivity contribution is 8.02. The molecular formula is C16H15ClO3S. The van der Waals surface area contributed by atoms with E-state index in [1.54, 1.807) is 36.4 Å². The van der Waals surface area contributed by atoms with Crippen LogP contribution in [0.2, 0.25) is 0 Å². The van der Waals surface area contributed by atoms with Crippen molar-refractivity contribution in [2.24, 2.45) is 0 Å². The second-order valence-corrected chi connectivity index (χ2v) is 6.30. The summed E-state index contributed by atoms with van der Waals surface area (Å²) in [7, 11) is 0. The van der Waals surface area contributed by atoms with Crippen LogP contribution in [0.5, 0.6) is 5.75 Å². The van der Waals surface area contributed by atoms with E-state index in [9.17, 15) is 9.90 Å². The van der Waals surface area contributed by atoms with Gasteiger partial charge in [-0.15, -0.1) is 0 Å². The molecule has 21 heavy (non-hydrogen) atoms. The Hall–Kier alpha value is -1.65. The minimum atomic E-state index is -1.59. The molecule has 2 rings (SSSR count). The Morgan fingerprint density at radius 3 is 2.43 bits per heavy atom. The number of thioether (sulfide) groups is 1. The van der Waals surface area contributed by atoms with E-state index in [0.717, 1.165) is 11.8 Å². The fourth-order valence-corrected chi connectivity index (χ4v) is 3.23. The molecule has 0 radical (unpaired) electrons. The van der Waals surface area contributed by atoms with Gasteiger partial charge in [-0.1, -0.05) is 65.8 Å². The minimum absolute atomic E-state index is 0.505. The average Bonchev–Trinajstić information content (AvgIpc) is 2.50. The van der Waals surface area contributed by atoms with Gasteiger partial charge >= 0.3 is 5.97 Å². The lowest BCUT2D eigenvalue weighted by Gasteiger charge is -2.23. The maximum atomic E-state index is 11.7. The number of halogens is 1. The summed E-state index contributed by atoms with van der Waals surface area (Å²) in [6, 6.07) is 16.0. The standard InChI is InChI=1S/C16H15ClO3S/c1-2-20-13-10-6-7-11-14(13)21-16(17,15(18)19)12-8-4-3-5-9-12/h3-11H,2H2,1H3,(H,18,19). The second-order valence-electron chi connectivity index (χ2n) is 4.25. The Kier molecular flexibility index (Phi) is 5.15. The number of carboxylic acid groups (broad SMARTS) is 1. The summed E-state index contributed by atoms with van der Waals surface area (Å²) in [6.45, 7) is 2.38. The molecular weight excluding hydrogens is 308 g/mol. The maximum absolute atomic E-state index is 11.7. The largest absolute Gasteiger partial charge is 0.493 e. The number of benzene rings is 2. The number of alkyl halides is 1. The summed E-state index contributed by atoms with van der Waals surface area (Å²) >= 11 is 7.47. The van der Waals surface area contributed by atoms with Gasteiger partial charge < -0.3 is 9.84 Å². The molecule has 0 saturated carbocycles. The van der Waals surface area contributed by atoms with Gasteiger partial charge in [0.05, 0.1) is 11.5 Å². The molecule has 2 aromatic carbocycles. The van der Waals surface area contributed by atoms with E-state index >= 15 is 0 Å². The summed E-state index contributed by atoms with van der Waals surface area (Å²) in [5.41, 5.74) is 0.524. The number of carboxylic acids is 1. The lowest BCUT2D eigenvalue weighted by Crippen LogP contribution is -2.25. The molecule has 0 aliphatic rings. The van der Waals surface area contributed by atoms with Gasteiger partial charge in [-0.2, -0.15) is 0 Å². The molecule has 0 amide bonds. The Bertz CT molecular complexity index is 618. The lowest BCUT2D eigenvalue weighted by molar-refractivity contribution is -0.137. The average molecular weight is 323 g/mol. The molecule has 110 valence electrons. The van der Waals surface area contributed by atoms with Crippen LogP contribution in [-0.2, 0) is 9.00 Å².